The zero-order valence-electron chi connectivity index (χ0n) is 11.9. The molecule has 0 saturated carbocycles. The van der Waals surface area contributed by atoms with Crippen LogP contribution in [0.2, 0.25) is 0 Å². The van der Waals surface area contributed by atoms with Crippen LogP contribution < -0.4 is 9.47 Å². The van der Waals surface area contributed by atoms with E-state index in [0.29, 0.717) is 27.9 Å². The molecular weight excluding hydrogens is 278 g/mol. The van der Waals surface area contributed by atoms with E-state index in [0.717, 1.165) is 11.3 Å². The van der Waals surface area contributed by atoms with Crippen LogP contribution in [0.1, 0.15) is 17.0 Å². The number of ether oxygens (including phenoxy) is 2. The lowest BCUT2D eigenvalue weighted by molar-refractivity contribution is 0.375. The minimum atomic E-state index is -1.31. The Hall–Kier alpha value is -1.82. The SMILES string of the molecule is COc1cccc(OC)c1S(=O)Cc1c(C)noc1C. The monoisotopic (exact) mass is 295 g/mol. The standard InChI is InChI=1S/C14H17NO4S/c1-9-11(10(2)19-15-9)8-20(16)14-12(17-3)6-5-7-13(14)18-4/h5-7H,8H2,1-4H3. The molecule has 6 heteroatoms. The van der Waals surface area contributed by atoms with Crippen LogP contribution in [0.15, 0.2) is 27.6 Å². The maximum absolute atomic E-state index is 12.7. The van der Waals surface area contributed by atoms with Crippen molar-refractivity contribution < 1.29 is 18.2 Å². The highest BCUT2D eigenvalue weighted by molar-refractivity contribution is 7.84. The van der Waals surface area contributed by atoms with E-state index in [1.54, 1.807) is 32.4 Å². The van der Waals surface area contributed by atoms with E-state index in [1.807, 2.05) is 13.8 Å². The summed E-state index contributed by atoms with van der Waals surface area (Å²) in [4.78, 5) is 0.553. The molecule has 0 aliphatic heterocycles. The van der Waals surface area contributed by atoms with Gasteiger partial charge in [-0.3, -0.25) is 4.21 Å². The normalized spacial score (nSPS) is 12.2. The molecule has 0 N–H and O–H groups in total. The molecule has 0 saturated heterocycles. The Balaban J connectivity index is 2.39. The summed E-state index contributed by atoms with van der Waals surface area (Å²) >= 11 is 0. The van der Waals surface area contributed by atoms with Crippen molar-refractivity contribution in [3.8, 4) is 11.5 Å². The molecule has 1 unspecified atom stereocenters. The molecule has 0 aliphatic rings. The first kappa shape index (κ1) is 14.6. The Morgan fingerprint density at radius 1 is 1.20 bits per heavy atom. The minimum Gasteiger partial charge on any atom is -0.495 e. The fourth-order valence-corrected chi connectivity index (χ4v) is 3.52. The van der Waals surface area contributed by atoms with Crippen molar-refractivity contribution in [2.45, 2.75) is 24.5 Å². The highest BCUT2D eigenvalue weighted by atomic mass is 32.2. The van der Waals surface area contributed by atoms with Crippen molar-refractivity contribution in [2.75, 3.05) is 14.2 Å². The number of aromatic nitrogens is 1. The van der Waals surface area contributed by atoms with Gasteiger partial charge in [-0.05, 0) is 26.0 Å². The Kier molecular flexibility index (Phi) is 4.44. The summed E-state index contributed by atoms with van der Waals surface area (Å²) < 4.78 is 28.3. The Morgan fingerprint density at radius 2 is 1.80 bits per heavy atom. The third kappa shape index (κ3) is 2.70. The molecule has 108 valence electrons. The van der Waals surface area contributed by atoms with Crippen LogP contribution >= 0.6 is 0 Å². The molecule has 0 amide bonds. The Bertz CT molecular complexity index is 594. The van der Waals surface area contributed by atoms with Gasteiger partial charge in [-0.15, -0.1) is 0 Å². The van der Waals surface area contributed by atoms with Crippen molar-refractivity contribution in [1.29, 1.82) is 0 Å². The molecule has 20 heavy (non-hydrogen) atoms. The van der Waals surface area contributed by atoms with Crippen molar-refractivity contribution in [2.24, 2.45) is 0 Å². The number of hydrogen-bond acceptors (Lipinski definition) is 5. The van der Waals surface area contributed by atoms with Crippen LogP contribution in [0.25, 0.3) is 0 Å². The molecule has 0 bridgehead atoms. The van der Waals surface area contributed by atoms with Gasteiger partial charge in [-0.1, -0.05) is 11.2 Å². The van der Waals surface area contributed by atoms with Gasteiger partial charge in [0.2, 0.25) is 0 Å². The van der Waals surface area contributed by atoms with E-state index in [-0.39, 0.29) is 0 Å². The van der Waals surface area contributed by atoms with E-state index in [4.69, 9.17) is 14.0 Å². The molecular formula is C14H17NO4S. The molecule has 0 spiro atoms. The third-order valence-electron chi connectivity index (χ3n) is 3.07. The zero-order chi connectivity index (χ0) is 14.7. The van der Waals surface area contributed by atoms with Crippen LogP contribution in [0.5, 0.6) is 11.5 Å². The Morgan fingerprint density at radius 3 is 2.25 bits per heavy atom. The minimum absolute atomic E-state index is 0.317. The number of nitrogens with zero attached hydrogens (tertiary/aromatic N) is 1. The third-order valence-corrected chi connectivity index (χ3v) is 4.48. The number of hydrogen-bond donors (Lipinski definition) is 0. The summed E-state index contributed by atoms with van der Waals surface area (Å²) in [6.45, 7) is 3.65. The van der Waals surface area contributed by atoms with E-state index >= 15 is 0 Å². The fourth-order valence-electron chi connectivity index (χ4n) is 1.95. The first-order valence-corrected chi connectivity index (χ1v) is 7.41. The molecule has 1 aromatic carbocycles. The predicted octanol–water partition coefficient (Wildman–Crippen LogP) is 2.62. The summed E-state index contributed by atoms with van der Waals surface area (Å²) in [5.74, 6) is 2.10. The lowest BCUT2D eigenvalue weighted by atomic mass is 10.2. The van der Waals surface area contributed by atoms with Crippen LogP contribution in [-0.4, -0.2) is 23.6 Å². The van der Waals surface area contributed by atoms with Gasteiger partial charge < -0.3 is 14.0 Å². The van der Waals surface area contributed by atoms with Gasteiger partial charge in [0.1, 0.15) is 22.2 Å². The van der Waals surface area contributed by atoms with Gasteiger partial charge in [0.15, 0.2) is 0 Å². The van der Waals surface area contributed by atoms with E-state index < -0.39 is 10.8 Å². The maximum atomic E-state index is 12.7. The van der Waals surface area contributed by atoms with Crippen LogP contribution in [0, 0.1) is 13.8 Å². The molecule has 0 aliphatic carbocycles. The summed E-state index contributed by atoms with van der Waals surface area (Å²) in [5, 5.41) is 3.88. The number of aryl methyl sites for hydroxylation is 2. The molecule has 1 heterocycles. The summed E-state index contributed by atoms with van der Waals surface area (Å²) in [5.41, 5.74) is 1.61. The first-order chi connectivity index (χ1) is 9.58. The van der Waals surface area contributed by atoms with Gasteiger partial charge in [-0.25, -0.2) is 0 Å². The van der Waals surface area contributed by atoms with Crippen molar-refractivity contribution >= 4 is 10.8 Å². The Labute approximate surface area is 120 Å². The van der Waals surface area contributed by atoms with Crippen molar-refractivity contribution in [1.82, 2.24) is 5.16 Å². The van der Waals surface area contributed by atoms with Gasteiger partial charge in [0, 0.05) is 5.56 Å². The smallest absolute Gasteiger partial charge is 0.138 e. The fraction of sp³-hybridized carbons (Fsp3) is 0.357. The molecule has 2 rings (SSSR count). The quantitative estimate of drug-likeness (QED) is 0.848. The number of benzene rings is 1. The topological polar surface area (TPSA) is 61.6 Å². The molecule has 0 radical (unpaired) electrons. The van der Waals surface area contributed by atoms with Gasteiger partial charge >= 0.3 is 0 Å². The number of methoxy groups -OCH3 is 2. The predicted molar refractivity (Wildman–Crippen MR) is 75.6 cm³/mol. The summed E-state index contributed by atoms with van der Waals surface area (Å²) in [6, 6.07) is 5.33. The summed E-state index contributed by atoms with van der Waals surface area (Å²) in [6.07, 6.45) is 0. The van der Waals surface area contributed by atoms with Gasteiger partial charge in [0.05, 0.1) is 36.5 Å². The largest absolute Gasteiger partial charge is 0.495 e. The van der Waals surface area contributed by atoms with Crippen molar-refractivity contribution in [3.63, 3.8) is 0 Å². The zero-order valence-corrected chi connectivity index (χ0v) is 12.7. The lowest BCUT2D eigenvalue weighted by Crippen LogP contribution is -2.03. The van der Waals surface area contributed by atoms with Gasteiger partial charge in [0.25, 0.3) is 0 Å². The molecule has 0 fully saturated rings. The maximum Gasteiger partial charge on any atom is 0.138 e. The van der Waals surface area contributed by atoms with Crippen LogP contribution in [-0.2, 0) is 16.6 Å². The summed E-state index contributed by atoms with van der Waals surface area (Å²) in [7, 11) is 1.79. The second kappa shape index (κ2) is 6.09. The highest BCUT2D eigenvalue weighted by Gasteiger charge is 2.20. The highest BCUT2D eigenvalue weighted by Crippen LogP contribution is 2.33. The van der Waals surface area contributed by atoms with Crippen LogP contribution in [0.4, 0.5) is 0 Å². The average Bonchev–Trinajstić information content (AvgIpc) is 2.77. The van der Waals surface area contributed by atoms with E-state index in [9.17, 15) is 4.21 Å². The lowest BCUT2D eigenvalue weighted by Gasteiger charge is -2.12. The van der Waals surface area contributed by atoms with Gasteiger partial charge in [-0.2, -0.15) is 0 Å². The molecule has 5 nitrogen and oxygen atoms in total. The second-order valence-electron chi connectivity index (χ2n) is 4.28. The van der Waals surface area contributed by atoms with E-state index in [1.165, 1.54) is 0 Å². The number of rotatable bonds is 5. The van der Waals surface area contributed by atoms with E-state index in [2.05, 4.69) is 5.16 Å². The van der Waals surface area contributed by atoms with Crippen LogP contribution in [0.3, 0.4) is 0 Å². The average molecular weight is 295 g/mol. The molecule has 1 atom stereocenters. The first-order valence-electron chi connectivity index (χ1n) is 6.09. The molecule has 1 aromatic heterocycles. The molecule has 2 aromatic rings. The second-order valence-corrected chi connectivity index (χ2v) is 5.67. The van der Waals surface area contributed by atoms with Crippen molar-refractivity contribution in [3.05, 3.63) is 35.2 Å².